The number of fused-ring (bicyclic) bond motifs is 11. The first-order chi connectivity index (χ1) is 26.3. The number of nitrogens with zero attached hydrogens (tertiary/aromatic N) is 1. The summed E-state index contributed by atoms with van der Waals surface area (Å²) in [7, 11) is 0. The second kappa shape index (κ2) is 11.1. The van der Waals surface area contributed by atoms with E-state index in [1.165, 1.54) is 61.3 Å². The molecule has 8 aromatic carbocycles. The van der Waals surface area contributed by atoms with E-state index in [9.17, 15) is 0 Å². The summed E-state index contributed by atoms with van der Waals surface area (Å²) < 4.78 is 6.85. The minimum Gasteiger partial charge on any atom is -0.455 e. The van der Waals surface area contributed by atoms with Crippen molar-refractivity contribution in [3.8, 4) is 33.4 Å². The standard InChI is InChI=1S/C52H39NO/c1-51(2)41-23-9-7-19-39(41)47-43(51)25-13-27-45(47)53(46-28-14-26-44-48(46)40-20-8-10-24-42(40)52(44,3)4)34-17-11-16-33(31-34)36-21-12-22-37-38-30-29-32-15-5-6-18-35(32)49(38)54-50(36)37/h5-31H,1-4H3. The van der Waals surface area contributed by atoms with E-state index < -0.39 is 0 Å². The quantitative estimate of drug-likeness (QED) is 0.182. The van der Waals surface area contributed by atoms with E-state index in [0.29, 0.717) is 0 Å². The third kappa shape index (κ3) is 4.17. The van der Waals surface area contributed by atoms with Gasteiger partial charge in [0.1, 0.15) is 11.2 Å². The SMILES string of the molecule is CC1(C)c2ccccc2-c2c(N(c3cccc(-c4cccc5c4oc4c6ccccc6ccc54)c3)c3cccc4c3-c3ccccc3C4(C)C)cccc21. The van der Waals surface area contributed by atoms with Crippen LogP contribution in [0.5, 0.6) is 0 Å². The number of anilines is 3. The van der Waals surface area contributed by atoms with Gasteiger partial charge in [0.05, 0.1) is 11.4 Å². The summed E-state index contributed by atoms with van der Waals surface area (Å²) in [4.78, 5) is 2.53. The van der Waals surface area contributed by atoms with Crippen molar-refractivity contribution < 1.29 is 4.42 Å². The summed E-state index contributed by atoms with van der Waals surface area (Å²) in [6.45, 7) is 9.45. The van der Waals surface area contributed by atoms with E-state index in [1.807, 2.05) is 0 Å². The third-order valence-electron chi connectivity index (χ3n) is 12.5. The monoisotopic (exact) mass is 693 g/mol. The number of hydrogen-bond acceptors (Lipinski definition) is 2. The number of para-hydroxylation sites is 1. The van der Waals surface area contributed by atoms with Gasteiger partial charge in [-0.1, -0.05) is 161 Å². The molecular formula is C52H39NO. The fourth-order valence-corrected chi connectivity index (χ4v) is 9.82. The molecule has 0 N–H and O–H groups in total. The fraction of sp³-hybridized carbons (Fsp3) is 0.115. The molecule has 258 valence electrons. The highest BCUT2D eigenvalue weighted by Crippen LogP contribution is 2.58. The molecule has 0 saturated heterocycles. The molecule has 2 heteroatoms. The summed E-state index contributed by atoms with van der Waals surface area (Å²) in [5, 5.41) is 4.60. The van der Waals surface area contributed by atoms with Crippen LogP contribution < -0.4 is 4.90 Å². The topological polar surface area (TPSA) is 16.4 Å². The molecule has 0 bridgehead atoms. The Kier molecular flexibility index (Phi) is 6.39. The van der Waals surface area contributed by atoms with Gasteiger partial charge in [0.15, 0.2) is 0 Å². The van der Waals surface area contributed by atoms with Gasteiger partial charge in [0.25, 0.3) is 0 Å². The van der Waals surface area contributed by atoms with Crippen molar-refractivity contribution in [3.05, 3.63) is 186 Å². The number of furan rings is 1. The van der Waals surface area contributed by atoms with Crippen LogP contribution in [0.2, 0.25) is 0 Å². The molecule has 9 aromatic rings. The lowest BCUT2D eigenvalue weighted by Crippen LogP contribution is -2.17. The average Bonchev–Trinajstić information content (AvgIpc) is 3.79. The van der Waals surface area contributed by atoms with Gasteiger partial charge in [-0.05, 0) is 74.7 Å². The van der Waals surface area contributed by atoms with E-state index in [4.69, 9.17) is 4.42 Å². The summed E-state index contributed by atoms with van der Waals surface area (Å²) in [5.41, 5.74) is 18.0. The van der Waals surface area contributed by atoms with Gasteiger partial charge >= 0.3 is 0 Å². The van der Waals surface area contributed by atoms with Crippen LogP contribution >= 0.6 is 0 Å². The van der Waals surface area contributed by atoms with Gasteiger partial charge in [-0.15, -0.1) is 0 Å². The minimum absolute atomic E-state index is 0.121. The summed E-state index contributed by atoms with van der Waals surface area (Å²) in [6.07, 6.45) is 0. The molecule has 0 atom stereocenters. The number of hydrogen-bond donors (Lipinski definition) is 0. The third-order valence-corrected chi connectivity index (χ3v) is 12.5. The van der Waals surface area contributed by atoms with Crippen LogP contribution in [0.4, 0.5) is 17.1 Å². The lowest BCUT2D eigenvalue weighted by atomic mass is 9.82. The predicted octanol–water partition coefficient (Wildman–Crippen LogP) is 14.5. The zero-order valence-corrected chi connectivity index (χ0v) is 30.9. The molecule has 1 aromatic heterocycles. The molecule has 2 nitrogen and oxygen atoms in total. The van der Waals surface area contributed by atoms with E-state index in [-0.39, 0.29) is 10.8 Å². The van der Waals surface area contributed by atoms with Crippen LogP contribution in [0, 0.1) is 0 Å². The fourth-order valence-electron chi connectivity index (χ4n) is 9.82. The van der Waals surface area contributed by atoms with Gasteiger partial charge in [0.2, 0.25) is 0 Å². The van der Waals surface area contributed by atoms with Crippen LogP contribution in [0.3, 0.4) is 0 Å². The zero-order valence-electron chi connectivity index (χ0n) is 30.9. The van der Waals surface area contributed by atoms with Crippen LogP contribution in [0.1, 0.15) is 49.9 Å². The number of benzene rings is 8. The van der Waals surface area contributed by atoms with Crippen LogP contribution in [0.15, 0.2) is 168 Å². The van der Waals surface area contributed by atoms with E-state index in [1.54, 1.807) is 0 Å². The molecule has 0 fully saturated rings. The molecule has 11 rings (SSSR count). The van der Waals surface area contributed by atoms with E-state index in [0.717, 1.165) is 44.1 Å². The Hall–Kier alpha value is -6.38. The van der Waals surface area contributed by atoms with Gasteiger partial charge in [0, 0.05) is 49.4 Å². The maximum atomic E-state index is 6.85. The first-order valence-electron chi connectivity index (χ1n) is 19.0. The second-order valence-electron chi connectivity index (χ2n) is 16.1. The molecule has 0 radical (unpaired) electrons. The Morgan fingerprint density at radius 3 is 1.61 bits per heavy atom. The average molecular weight is 694 g/mol. The highest BCUT2D eigenvalue weighted by Gasteiger charge is 2.40. The molecule has 0 unspecified atom stereocenters. The summed E-state index contributed by atoms with van der Waals surface area (Å²) in [6, 6.07) is 60.3. The largest absolute Gasteiger partial charge is 0.455 e. The minimum atomic E-state index is -0.121. The lowest BCUT2D eigenvalue weighted by molar-refractivity contribution is 0.660. The highest BCUT2D eigenvalue weighted by atomic mass is 16.3. The van der Waals surface area contributed by atoms with Gasteiger partial charge < -0.3 is 9.32 Å². The molecule has 2 aliphatic rings. The van der Waals surface area contributed by atoms with Crippen molar-refractivity contribution in [1.29, 1.82) is 0 Å². The Morgan fingerprint density at radius 1 is 0.407 bits per heavy atom. The van der Waals surface area contributed by atoms with Crippen molar-refractivity contribution in [2.45, 2.75) is 38.5 Å². The van der Waals surface area contributed by atoms with Crippen molar-refractivity contribution in [3.63, 3.8) is 0 Å². The maximum absolute atomic E-state index is 6.85. The van der Waals surface area contributed by atoms with Crippen molar-refractivity contribution >= 4 is 49.8 Å². The lowest BCUT2D eigenvalue weighted by Gasteiger charge is -2.31. The van der Waals surface area contributed by atoms with Crippen LogP contribution in [-0.4, -0.2) is 0 Å². The van der Waals surface area contributed by atoms with E-state index in [2.05, 4.69) is 196 Å². The smallest absolute Gasteiger partial charge is 0.143 e. The molecule has 0 spiro atoms. The van der Waals surface area contributed by atoms with Crippen molar-refractivity contribution in [2.75, 3.05) is 4.90 Å². The zero-order chi connectivity index (χ0) is 36.3. The van der Waals surface area contributed by atoms with Crippen LogP contribution in [-0.2, 0) is 10.8 Å². The van der Waals surface area contributed by atoms with Gasteiger partial charge in [-0.3, -0.25) is 0 Å². The molecule has 0 saturated carbocycles. The molecule has 0 amide bonds. The first kappa shape index (κ1) is 31.2. The first-order valence-corrected chi connectivity index (χ1v) is 19.0. The maximum Gasteiger partial charge on any atom is 0.143 e. The van der Waals surface area contributed by atoms with Crippen molar-refractivity contribution in [1.82, 2.24) is 0 Å². The normalized spacial score (nSPS) is 14.6. The Bertz CT molecular complexity index is 2910. The van der Waals surface area contributed by atoms with Gasteiger partial charge in [-0.2, -0.15) is 0 Å². The molecular weight excluding hydrogens is 655 g/mol. The molecule has 2 aliphatic carbocycles. The Labute approximate surface area is 315 Å². The van der Waals surface area contributed by atoms with Crippen molar-refractivity contribution in [2.24, 2.45) is 0 Å². The molecule has 1 heterocycles. The summed E-state index contributed by atoms with van der Waals surface area (Å²) >= 11 is 0. The van der Waals surface area contributed by atoms with E-state index >= 15 is 0 Å². The second-order valence-corrected chi connectivity index (χ2v) is 16.1. The molecule has 0 aliphatic heterocycles. The Morgan fingerprint density at radius 2 is 0.926 bits per heavy atom. The Balaban J connectivity index is 1.19. The van der Waals surface area contributed by atoms with Crippen LogP contribution in [0.25, 0.3) is 66.1 Å². The van der Waals surface area contributed by atoms with Gasteiger partial charge in [-0.25, -0.2) is 0 Å². The predicted molar refractivity (Wildman–Crippen MR) is 226 cm³/mol. The molecule has 54 heavy (non-hydrogen) atoms. The highest BCUT2D eigenvalue weighted by molar-refractivity contribution is 6.17. The summed E-state index contributed by atoms with van der Waals surface area (Å²) in [5.74, 6) is 0. The number of rotatable bonds is 4.